The maximum absolute atomic E-state index is 7.56. The largest absolute Gasteiger partial charge is 0.305 e. The van der Waals surface area contributed by atoms with Gasteiger partial charge >= 0.3 is 0 Å². The van der Waals surface area contributed by atoms with Crippen LogP contribution in [0.25, 0.3) is 0 Å². The van der Waals surface area contributed by atoms with E-state index < -0.39 is 0 Å². The molecule has 0 bridgehead atoms. The molecule has 0 saturated heterocycles. The van der Waals surface area contributed by atoms with Crippen molar-refractivity contribution in [1.82, 2.24) is 0 Å². The standard InChI is InChI=1S/C16H16N2S/c1-11(17)13-3-7-15(8-4-13)19-16-9-5-14(6-10-16)12(2)18/h3-10,17-18H,1-2H3. The average Bonchev–Trinajstić information content (AvgIpc) is 2.40. The highest BCUT2D eigenvalue weighted by molar-refractivity contribution is 7.99. The van der Waals surface area contributed by atoms with Crippen LogP contribution in [0.15, 0.2) is 58.3 Å². The van der Waals surface area contributed by atoms with Crippen LogP contribution in [0.1, 0.15) is 25.0 Å². The third-order valence-electron chi connectivity index (χ3n) is 2.81. The van der Waals surface area contributed by atoms with E-state index in [1.165, 1.54) is 0 Å². The van der Waals surface area contributed by atoms with Crippen LogP contribution in [-0.4, -0.2) is 11.4 Å². The van der Waals surface area contributed by atoms with E-state index in [0.717, 1.165) is 20.9 Å². The minimum absolute atomic E-state index is 0.586. The van der Waals surface area contributed by atoms with Crippen molar-refractivity contribution in [3.63, 3.8) is 0 Å². The van der Waals surface area contributed by atoms with Crippen molar-refractivity contribution < 1.29 is 0 Å². The van der Waals surface area contributed by atoms with E-state index in [0.29, 0.717) is 11.4 Å². The van der Waals surface area contributed by atoms with Crippen molar-refractivity contribution in [2.24, 2.45) is 0 Å². The van der Waals surface area contributed by atoms with Gasteiger partial charge in [0.05, 0.1) is 0 Å². The molecule has 19 heavy (non-hydrogen) atoms. The number of benzene rings is 2. The van der Waals surface area contributed by atoms with Crippen LogP contribution in [0, 0.1) is 10.8 Å². The summed E-state index contributed by atoms with van der Waals surface area (Å²) in [6.45, 7) is 3.58. The van der Waals surface area contributed by atoms with Crippen LogP contribution >= 0.6 is 11.8 Å². The van der Waals surface area contributed by atoms with Crippen LogP contribution in [0.5, 0.6) is 0 Å². The zero-order valence-electron chi connectivity index (χ0n) is 11.0. The maximum atomic E-state index is 7.56. The second-order valence-corrected chi connectivity index (χ2v) is 5.55. The van der Waals surface area contributed by atoms with Crippen molar-refractivity contribution in [3.8, 4) is 0 Å². The molecule has 96 valence electrons. The predicted molar refractivity (Wildman–Crippen MR) is 82.0 cm³/mol. The summed E-state index contributed by atoms with van der Waals surface area (Å²) in [6.07, 6.45) is 0. The monoisotopic (exact) mass is 268 g/mol. The maximum Gasteiger partial charge on any atom is 0.0355 e. The van der Waals surface area contributed by atoms with Gasteiger partial charge < -0.3 is 10.8 Å². The lowest BCUT2D eigenvalue weighted by molar-refractivity contribution is 1.37. The van der Waals surface area contributed by atoms with Crippen molar-refractivity contribution in [2.45, 2.75) is 23.6 Å². The first kappa shape index (κ1) is 13.6. The van der Waals surface area contributed by atoms with E-state index in [1.54, 1.807) is 25.6 Å². The zero-order chi connectivity index (χ0) is 13.8. The lowest BCUT2D eigenvalue weighted by Gasteiger charge is -2.04. The van der Waals surface area contributed by atoms with Crippen LogP contribution in [0.4, 0.5) is 0 Å². The highest BCUT2D eigenvalue weighted by atomic mass is 32.2. The molecule has 0 atom stereocenters. The van der Waals surface area contributed by atoms with Gasteiger partial charge in [-0.1, -0.05) is 36.0 Å². The van der Waals surface area contributed by atoms with Crippen LogP contribution in [0.3, 0.4) is 0 Å². The van der Waals surface area contributed by atoms with Crippen molar-refractivity contribution >= 4 is 23.2 Å². The summed E-state index contributed by atoms with van der Waals surface area (Å²) in [7, 11) is 0. The van der Waals surface area contributed by atoms with Gasteiger partial charge in [0, 0.05) is 21.2 Å². The summed E-state index contributed by atoms with van der Waals surface area (Å²) >= 11 is 1.69. The second kappa shape index (κ2) is 5.85. The molecule has 3 heteroatoms. The molecule has 0 amide bonds. The molecule has 0 aromatic heterocycles. The Labute approximate surface area is 117 Å². The SMILES string of the molecule is CC(=N)c1ccc(Sc2ccc(C(C)=N)cc2)cc1. The lowest BCUT2D eigenvalue weighted by Crippen LogP contribution is -1.91. The molecule has 2 aromatic rings. The van der Waals surface area contributed by atoms with Gasteiger partial charge in [0.25, 0.3) is 0 Å². The van der Waals surface area contributed by atoms with Gasteiger partial charge in [-0.2, -0.15) is 0 Å². The van der Waals surface area contributed by atoms with Crippen LogP contribution < -0.4 is 0 Å². The smallest absolute Gasteiger partial charge is 0.0355 e. The Morgan fingerprint density at radius 3 is 1.26 bits per heavy atom. The number of hydrogen-bond donors (Lipinski definition) is 2. The van der Waals surface area contributed by atoms with E-state index in [1.807, 2.05) is 48.5 Å². The molecule has 2 aromatic carbocycles. The average molecular weight is 268 g/mol. The Morgan fingerprint density at radius 1 is 0.684 bits per heavy atom. The normalized spacial score (nSPS) is 10.2. The number of nitrogens with one attached hydrogen (secondary N) is 2. The van der Waals surface area contributed by atoms with Crippen LogP contribution in [0.2, 0.25) is 0 Å². The summed E-state index contributed by atoms with van der Waals surface area (Å²) in [5.74, 6) is 0. The van der Waals surface area contributed by atoms with E-state index in [2.05, 4.69) is 0 Å². The van der Waals surface area contributed by atoms with Crippen molar-refractivity contribution in [1.29, 1.82) is 10.8 Å². The van der Waals surface area contributed by atoms with Crippen molar-refractivity contribution in [2.75, 3.05) is 0 Å². The Morgan fingerprint density at radius 2 is 1.00 bits per heavy atom. The summed E-state index contributed by atoms with van der Waals surface area (Å²) in [5, 5.41) is 15.1. The van der Waals surface area contributed by atoms with Crippen molar-refractivity contribution in [3.05, 3.63) is 59.7 Å². The summed E-state index contributed by atoms with van der Waals surface area (Å²) in [5.41, 5.74) is 3.09. The molecule has 0 spiro atoms. The Hall–Kier alpha value is -1.87. The fraction of sp³-hybridized carbons (Fsp3) is 0.125. The summed E-state index contributed by atoms with van der Waals surface area (Å²) in [4.78, 5) is 2.31. The van der Waals surface area contributed by atoms with Gasteiger partial charge in [-0.3, -0.25) is 0 Å². The van der Waals surface area contributed by atoms with Gasteiger partial charge in [0.15, 0.2) is 0 Å². The Bertz CT molecular complexity index is 542. The summed E-state index contributed by atoms with van der Waals surface area (Å²) in [6, 6.07) is 16.0. The Kier molecular flexibility index (Phi) is 4.17. The number of hydrogen-bond acceptors (Lipinski definition) is 3. The molecule has 0 heterocycles. The van der Waals surface area contributed by atoms with E-state index in [9.17, 15) is 0 Å². The quantitative estimate of drug-likeness (QED) is 0.781. The van der Waals surface area contributed by atoms with Gasteiger partial charge in [-0.05, 0) is 49.2 Å². The highest BCUT2D eigenvalue weighted by Gasteiger charge is 2.00. The first-order chi connectivity index (χ1) is 9.06. The molecule has 2 N–H and O–H groups in total. The molecular formula is C16H16N2S. The zero-order valence-corrected chi connectivity index (χ0v) is 11.8. The van der Waals surface area contributed by atoms with E-state index in [4.69, 9.17) is 10.8 Å². The topological polar surface area (TPSA) is 47.7 Å². The first-order valence-corrected chi connectivity index (χ1v) is 6.87. The third kappa shape index (κ3) is 3.55. The van der Waals surface area contributed by atoms with Crippen LogP contribution in [-0.2, 0) is 0 Å². The molecule has 0 saturated carbocycles. The Balaban J connectivity index is 2.12. The third-order valence-corrected chi connectivity index (χ3v) is 3.83. The minimum atomic E-state index is 0.586. The van der Waals surface area contributed by atoms with Gasteiger partial charge in [-0.25, -0.2) is 0 Å². The second-order valence-electron chi connectivity index (χ2n) is 4.40. The molecule has 2 nitrogen and oxygen atoms in total. The first-order valence-electron chi connectivity index (χ1n) is 6.05. The fourth-order valence-electron chi connectivity index (χ4n) is 1.68. The number of rotatable bonds is 4. The van der Waals surface area contributed by atoms with Gasteiger partial charge in [0.1, 0.15) is 0 Å². The fourth-order valence-corrected chi connectivity index (χ4v) is 2.50. The predicted octanol–water partition coefficient (Wildman–Crippen LogP) is 4.61. The molecule has 0 aliphatic carbocycles. The molecule has 0 fully saturated rings. The van der Waals surface area contributed by atoms with Gasteiger partial charge in [0.2, 0.25) is 0 Å². The highest BCUT2D eigenvalue weighted by Crippen LogP contribution is 2.28. The minimum Gasteiger partial charge on any atom is -0.305 e. The van der Waals surface area contributed by atoms with Gasteiger partial charge in [-0.15, -0.1) is 0 Å². The van der Waals surface area contributed by atoms with E-state index >= 15 is 0 Å². The molecule has 0 aliphatic rings. The lowest BCUT2D eigenvalue weighted by atomic mass is 10.1. The molecule has 2 rings (SSSR count). The summed E-state index contributed by atoms with van der Waals surface area (Å²) < 4.78 is 0. The molecule has 0 unspecified atom stereocenters. The molecule has 0 aliphatic heterocycles. The molecule has 0 radical (unpaired) electrons. The molecular weight excluding hydrogens is 252 g/mol. The van der Waals surface area contributed by atoms with E-state index in [-0.39, 0.29) is 0 Å².